The quantitative estimate of drug-likeness (QED) is 0.670. The molecule has 114 valence electrons. The van der Waals surface area contributed by atoms with Crippen LogP contribution in [0.1, 0.15) is 11.6 Å². The lowest BCUT2D eigenvalue weighted by Crippen LogP contribution is -2.16. The molecule has 9 nitrogen and oxygen atoms in total. The zero-order valence-electron chi connectivity index (χ0n) is 12.3. The van der Waals surface area contributed by atoms with Gasteiger partial charge < -0.3 is 9.88 Å². The third-order valence-corrected chi connectivity index (χ3v) is 3.28. The van der Waals surface area contributed by atoms with Gasteiger partial charge in [0, 0.05) is 44.3 Å². The van der Waals surface area contributed by atoms with E-state index in [4.69, 9.17) is 0 Å². The first-order chi connectivity index (χ1) is 10.8. The molecule has 1 N–H and O–H groups in total. The molecule has 0 saturated heterocycles. The minimum Gasteiger partial charge on any atom is -0.352 e. The number of aromatic nitrogens is 8. The van der Waals surface area contributed by atoms with Crippen molar-refractivity contribution in [1.82, 2.24) is 39.7 Å². The van der Waals surface area contributed by atoms with Crippen molar-refractivity contribution >= 4 is 5.95 Å². The number of aryl methyl sites for hydroxylation is 3. The SMILES string of the molecule is Cc1nccn1CCc1nnnn1CCNc1ncccn1. The van der Waals surface area contributed by atoms with E-state index in [9.17, 15) is 0 Å². The highest BCUT2D eigenvalue weighted by molar-refractivity contribution is 5.21. The molecule has 22 heavy (non-hydrogen) atoms. The van der Waals surface area contributed by atoms with Crippen LogP contribution in [0.2, 0.25) is 0 Å². The molecule has 0 aliphatic heterocycles. The van der Waals surface area contributed by atoms with E-state index >= 15 is 0 Å². The molecule has 3 rings (SSSR count). The van der Waals surface area contributed by atoms with Crippen LogP contribution in [0.3, 0.4) is 0 Å². The number of nitrogens with zero attached hydrogens (tertiary/aromatic N) is 8. The summed E-state index contributed by atoms with van der Waals surface area (Å²) < 4.78 is 3.87. The molecule has 0 radical (unpaired) electrons. The van der Waals surface area contributed by atoms with E-state index in [0.717, 1.165) is 24.6 Å². The average molecular weight is 299 g/mol. The summed E-state index contributed by atoms with van der Waals surface area (Å²) in [4.78, 5) is 12.4. The first kappa shape index (κ1) is 14.1. The van der Waals surface area contributed by atoms with E-state index in [-0.39, 0.29) is 0 Å². The normalized spacial score (nSPS) is 10.8. The summed E-state index contributed by atoms with van der Waals surface area (Å²) in [5, 5.41) is 15.0. The van der Waals surface area contributed by atoms with Gasteiger partial charge in [-0.2, -0.15) is 0 Å². The summed E-state index contributed by atoms with van der Waals surface area (Å²) in [5.74, 6) is 2.44. The lowest BCUT2D eigenvalue weighted by Gasteiger charge is -2.07. The first-order valence-corrected chi connectivity index (χ1v) is 7.06. The summed E-state index contributed by atoms with van der Waals surface area (Å²) in [5.41, 5.74) is 0. The van der Waals surface area contributed by atoms with Crippen molar-refractivity contribution in [2.24, 2.45) is 0 Å². The van der Waals surface area contributed by atoms with Crippen molar-refractivity contribution in [1.29, 1.82) is 0 Å². The maximum absolute atomic E-state index is 4.20. The van der Waals surface area contributed by atoms with Gasteiger partial charge in [0.05, 0.1) is 6.54 Å². The molecule has 0 aromatic carbocycles. The summed E-state index contributed by atoms with van der Waals surface area (Å²) >= 11 is 0. The molecule has 3 heterocycles. The van der Waals surface area contributed by atoms with Crippen molar-refractivity contribution in [3.63, 3.8) is 0 Å². The lowest BCUT2D eigenvalue weighted by molar-refractivity contribution is 0.558. The van der Waals surface area contributed by atoms with Gasteiger partial charge >= 0.3 is 0 Å². The van der Waals surface area contributed by atoms with Crippen LogP contribution in [0.4, 0.5) is 5.95 Å². The van der Waals surface area contributed by atoms with Crippen molar-refractivity contribution < 1.29 is 0 Å². The molecular weight excluding hydrogens is 282 g/mol. The fourth-order valence-corrected chi connectivity index (χ4v) is 2.10. The van der Waals surface area contributed by atoms with Gasteiger partial charge in [0.2, 0.25) is 5.95 Å². The van der Waals surface area contributed by atoms with Gasteiger partial charge in [-0.3, -0.25) is 0 Å². The van der Waals surface area contributed by atoms with E-state index in [1.165, 1.54) is 0 Å². The van der Waals surface area contributed by atoms with Crippen molar-refractivity contribution in [2.45, 2.75) is 26.4 Å². The Morgan fingerprint density at radius 3 is 2.73 bits per heavy atom. The van der Waals surface area contributed by atoms with E-state index in [0.29, 0.717) is 19.0 Å². The third kappa shape index (κ3) is 3.43. The summed E-state index contributed by atoms with van der Waals surface area (Å²) in [6.07, 6.45) is 7.91. The topological polar surface area (TPSA) is 99.2 Å². The minimum atomic E-state index is 0.603. The molecular formula is C13H17N9. The Bertz CT molecular complexity index is 703. The summed E-state index contributed by atoms with van der Waals surface area (Å²) in [7, 11) is 0. The standard InChI is InChI=1S/C13H17N9/c1-11-14-6-9-21(11)8-3-12-18-19-20-22(12)10-7-17-13-15-4-2-5-16-13/h2,4-6,9H,3,7-8,10H2,1H3,(H,15,16,17). The average Bonchev–Trinajstić information content (AvgIpc) is 3.15. The second-order valence-electron chi connectivity index (χ2n) is 4.74. The molecule has 0 aliphatic carbocycles. The van der Waals surface area contributed by atoms with E-state index < -0.39 is 0 Å². The highest BCUT2D eigenvalue weighted by atomic mass is 15.5. The van der Waals surface area contributed by atoms with E-state index in [1.807, 2.05) is 13.1 Å². The van der Waals surface area contributed by atoms with Crippen LogP contribution in [0.5, 0.6) is 0 Å². The first-order valence-electron chi connectivity index (χ1n) is 7.06. The van der Waals surface area contributed by atoms with Gasteiger partial charge in [0.15, 0.2) is 5.82 Å². The molecule has 0 saturated carbocycles. The molecule has 3 aromatic rings. The van der Waals surface area contributed by atoms with Crippen LogP contribution in [0.15, 0.2) is 30.9 Å². The number of hydrogen-bond acceptors (Lipinski definition) is 7. The fraction of sp³-hybridized carbons (Fsp3) is 0.385. The lowest BCUT2D eigenvalue weighted by atomic mass is 10.4. The monoisotopic (exact) mass is 299 g/mol. The predicted octanol–water partition coefficient (Wildman–Crippen LogP) is 0.323. The number of rotatable bonds is 7. The maximum atomic E-state index is 4.20. The Morgan fingerprint density at radius 1 is 1.09 bits per heavy atom. The van der Waals surface area contributed by atoms with Gasteiger partial charge in [-0.05, 0) is 23.4 Å². The largest absolute Gasteiger partial charge is 0.352 e. The van der Waals surface area contributed by atoms with Crippen molar-refractivity contribution in [2.75, 3.05) is 11.9 Å². The maximum Gasteiger partial charge on any atom is 0.222 e. The molecule has 0 atom stereocenters. The van der Waals surface area contributed by atoms with Crippen LogP contribution >= 0.6 is 0 Å². The Hall–Kier alpha value is -2.84. The molecule has 9 heteroatoms. The number of anilines is 1. The smallest absolute Gasteiger partial charge is 0.222 e. The van der Waals surface area contributed by atoms with Crippen LogP contribution in [0, 0.1) is 6.92 Å². The third-order valence-electron chi connectivity index (χ3n) is 3.28. The molecule has 0 aliphatic rings. The molecule has 3 aromatic heterocycles. The van der Waals surface area contributed by atoms with Crippen LogP contribution in [0.25, 0.3) is 0 Å². The Kier molecular flexibility index (Phi) is 4.33. The van der Waals surface area contributed by atoms with Gasteiger partial charge in [0.1, 0.15) is 5.82 Å². The molecule has 0 unspecified atom stereocenters. The minimum absolute atomic E-state index is 0.603. The second-order valence-corrected chi connectivity index (χ2v) is 4.74. The summed E-state index contributed by atoms with van der Waals surface area (Å²) in [6, 6.07) is 1.78. The molecule has 0 fully saturated rings. The highest BCUT2D eigenvalue weighted by Crippen LogP contribution is 2.01. The fourth-order valence-electron chi connectivity index (χ4n) is 2.10. The summed E-state index contributed by atoms with van der Waals surface area (Å²) in [6.45, 7) is 4.10. The molecule has 0 spiro atoms. The Labute approximate surface area is 127 Å². The number of nitrogens with one attached hydrogen (secondary N) is 1. The zero-order valence-corrected chi connectivity index (χ0v) is 12.3. The predicted molar refractivity (Wildman–Crippen MR) is 79.0 cm³/mol. The van der Waals surface area contributed by atoms with Gasteiger partial charge in [-0.25, -0.2) is 19.6 Å². The second kappa shape index (κ2) is 6.74. The molecule has 0 bridgehead atoms. The number of imidazole rings is 1. The van der Waals surface area contributed by atoms with Gasteiger partial charge in [-0.15, -0.1) is 5.10 Å². The van der Waals surface area contributed by atoms with Crippen LogP contribution in [-0.4, -0.2) is 46.3 Å². The number of tetrazole rings is 1. The van der Waals surface area contributed by atoms with E-state index in [1.54, 1.807) is 29.3 Å². The van der Waals surface area contributed by atoms with Crippen molar-refractivity contribution in [3.05, 3.63) is 42.5 Å². The van der Waals surface area contributed by atoms with Gasteiger partial charge in [0.25, 0.3) is 0 Å². The zero-order chi connectivity index (χ0) is 15.2. The van der Waals surface area contributed by atoms with Crippen LogP contribution < -0.4 is 5.32 Å². The van der Waals surface area contributed by atoms with Gasteiger partial charge in [-0.1, -0.05) is 0 Å². The Balaban J connectivity index is 1.52. The van der Waals surface area contributed by atoms with Crippen molar-refractivity contribution in [3.8, 4) is 0 Å². The van der Waals surface area contributed by atoms with E-state index in [2.05, 4.69) is 40.4 Å². The highest BCUT2D eigenvalue weighted by Gasteiger charge is 2.07. The molecule has 0 amide bonds. The Morgan fingerprint density at radius 2 is 1.95 bits per heavy atom. The number of hydrogen-bond donors (Lipinski definition) is 1. The van der Waals surface area contributed by atoms with Crippen LogP contribution in [-0.2, 0) is 19.5 Å².